The lowest BCUT2D eigenvalue weighted by atomic mass is 9.93. The van der Waals surface area contributed by atoms with E-state index in [4.69, 9.17) is 5.11 Å². The third kappa shape index (κ3) is 3.39. The zero-order chi connectivity index (χ0) is 12.3. The topological polar surface area (TPSA) is 66.3 Å². The first-order valence-electron chi connectivity index (χ1n) is 5.61. The summed E-state index contributed by atoms with van der Waals surface area (Å²) < 4.78 is 0.719. The second-order valence-electron chi connectivity index (χ2n) is 4.29. The molecule has 5 nitrogen and oxygen atoms in total. The summed E-state index contributed by atoms with van der Waals surface area (Å²) in [5.74, 6) is 0.357. The molecule has 1 fully saturated rings. The van der Waals surface area contributed by atoms with Gasteiger partial charge >= 0.3 is 6.09 Å². The van der Waals surface area contributed by atoms with Crippen LogP contribution in [0.25, 0.3) is 0 Å². The van der Waals surface area contributed by atoms with Gasteiger partial charge in [0.05, 0.1) is 5.69 Å². The van der Waals surface area contributed by atoms with E-state index >= 15 is 0 Å². The minimum Gasteiger partial charge on any atom is -0.465 e. The number of hydrogen-bond acceptors (Lipinski definition) is 3. The number of carbonyl (C=O) groups is 1. The second-order valence-corrected chi connectivity index (χ2v) is 5.10. The number of likely N-dealkylation sites (tertiary alicyclic amines) is 1. The molecule has 0 aliphatic carbocycles. The smallest absolute Gasteiger partial charge is 0.407 e. The zero-order valence-electron chi connectivity index (χ0n) is 9.34. The molecular formula is C11H14BrN3O2. The Hall–Kier alpha value is -1.17. The van der Waals surface area contributed by atoms with E-state index in [2.05, 4.69) is 26.1 Å². The number of carboxylic acid groups (broad SMARTS) is 1. The van der Waals surface area contributed by atoms with Crippen LogP contribution >= 0.6 is 15.9 Å². The average Bonchev–Trinajstić information content (AvgIpc) is 2.32. The van der Waals surface area contributed by atoms with Gasteiger partial charge in [-0.25, -0.2) is 4.79 Å². The molecule has 0 bridgehead atoms. The van der Waals surface area contributed by atoms with Crippen molar-refractivity contribution in [3.63, 3.8) is 0 Å². The highest BCUT2D eigenvalue weighted by molar-refractivity contribution is 9.10. The Bertz CT molecular complexity index is 396. The number of aromatic nitrogens is 2. The highest BCUT2D eigenvalue weighted by Crippen LogP contribution is 2.20. The molecule has 1 aromatic heterocycles. The van der Waals surface area contributed by atoms with E-state index in [0.29, 0.717) is 19.0 Å². The van der Waals surface area contributed by atoms with Crippen molar-refractivity contribution in [1.29, 1.82) is 0 Å². The maximum atomic E-state index is 10.9. The van der Waals surface area contributed by atoms with Crippen LogP contribution in [0.5, 0.6) is 0 Å². The molecule has 6 heteroatoms. The highest BCUT2D eigenvalue weighted by atomic mass is 79.9. The summed E-state index contributed by atoms with van der Waals surface area (Å²) in [6.45, 7) is 1.25. The first-order chi connectivity index (χ1) is 8.15. The van der Waals surface area contributed by atoms with Crippen LogP contribution in [-0.2, 0) is 6.42 Å². The van der Waals surface area contributed by atoms with Gasteiger partial charge in [-0.15, -0.1) is 5.10 Å². The maximum Gasteiger partial charge on any atom is 0.407 e. The molecule has 1 aromatic rings. The molecule has 0 spiro atoms. The number of nitrogens with zero attached hydrogens (tertiary/aromatic N) is 3. The van der Waals surface area contributed by atoms with Crippen LogP contribution in [0.3, 0.4) is 0 Å². The van der Waals surface area contributed by atoms with Crippen LogP contribution in [0.1, 0.15) is 18.5 Å². The van der Waals surface area contributed by atoms with Crippen molar-refractivity contribution in [3.05, 3.63) is 22.4 Å². The van der Waals surface area contributed by atoms with Crippen LogP contribution in [0, 0.1) is 5.92 Å². The second kappa shape index (κ2) is 5.44. The van der Waals surface area contributed by atoms with Gasteiger partial charge < -0.3 is 10.0 Å². The molecule has 1 aliphatic rings. The van der Waals surface area contributed by atoms with Gasteiger partial charge in [0.1, 0.15) is 4.60 Å². The fraction of sp³-hybridized carbons (Fsp3) is 0.545. The summed E-state index contributed by atoms with van der Waals surface area (Å²) >= 11 is 3.24. The van der Waals surface area contributed by atoms with Gasteiger partial charge in [0, 0.05) is 13.1 Å². The van der Waals surface area contributed by atoms with Gasteiger partial charge in [0.2, 0.25) is 0 Å². The average molecular weight is 300 g/mol. The van der Waals surface area contributed by atoms with Crippen molar-refractivity contribution in [2.45, 2.75) is 19.3 Å². The molecule has 1 amide bonds. The van der Waals surface area contributed by atoms with Crippen LogP contribution in [-0.4, -0.2) is 39.4 Å². The van der Waals surface area contributed by atoms with Crippen molar-refractivity contribution in [1.82, 2.24) is 15.1 Å². The lowest BCUT2D eigenvalue weighted by Crippen LogP contribution is -2.39. The molecular weight excluding hydrogens is 286 g/mol. The summed E-state index contributed by atoms with van der Waals surface area (Å²) in [4.78, 5) is 12.4. The molecule has 1 atom stereocenters. The molecule has 2 rings (SSSR count). The molecule has 2 heterocycles. The van der Waals surface area contributed by atoms with Gasteiger partial charge in [-0.2, -0.15) is 5.10 Å². The Morgan fingerprint density at radius 1 is 1.53 bits per heavy atom. The zero-order valence-corrected chi connectivity index (χ0v) is 10.9. The van der Waals surface area contributed by atoms with Crippen LogP contribution in [0.2, 0.25) is 0 Å². The maximum absolute atomic E-state index is 10.9. The van der Waals surface area contributed by atoms with E-state index in [-0.39, 0.29) is 0 Å². The lowest BCUT2D eigenvalue weighted by molar-refractivity contribution is 0.120. The number of halogens is 1. The molecule has 17 heavy (non-hydrogen) atoms. The summed E-state index contributed by atoms with van der Waals surface area (Å²) in [5, 5.41) is 17.0. The first-order valence-corrected chi connectivity index (χ1v) is 6.40. The first kappa shape index (κ1) is 12.3. The quantitative estimate of drug-likeness (QED) is 0.909. The third-order valence-corrected chi connectivity index (χ3v) is 3.40. The van der Waals surface area contributed by atoms with E-state index in [1.807, 2.05) is 12.1 Å². The van der Waals surface area contributed by atoms with Crippen LogP contribution < -0.4 is 0 Å². The molecule has 1 unspecified atom stereocenters. The standard InChI is InChI=1S/C11H14BrN3O2/c12-10-4-3-9(13-14-10)6-8-2-1-5-15(7-8)11(16)17/h3-4,8H,1-2,5-7H2,(H,16,17). The monoisotopic (exact) mass is 299 g/mol. The van der Waals surface area contributed by atoms with Crippen molar-refractivity contribution >= 4 is 22.0 Å². The SMILES string of the molecule is O=C(O)N1CCCC(Cc2ccc(Br)nn2)C1. The largest absolute Gasteiger partial charge is 0.465 e. The predicted molar refractivity (Wildman–Crippen MR) is 65.8 cm³/mol. The molecule has 1 saturated heterocycles. The Morgan fingerprint density at radius 3 is 3.00 bits per heavy atom. The summed E-state index contributed by atoms with van der Waals surface area (Å²) in [6.07, 6.45) is 1.96. The molecule has 1 N–H and O–H groups in total. The lowest BCUT2D eigenvalue weighted by Gasteiger charge is -2.30. The van der Waals surface area contributed by atoms with Crippen molar-refractivity contribution in [2.24, 2.45) is 5.92 Å². The minimum absolute atomic E-state index is 0.357. The van der Waals surface area contributed by atoms with E-state index in [0.717, 1.165) is 29.6 Å². The van der Waals surface area contributed by atoms with Crippen molar-refractivity contribution in [3.8, 4) is 0 Å². The van der Waals surface area contributed by atoms with E-state index in [1.54, 1.807) is 0 Å². The summed E-state index contributed by atoms with van der Waals surface area (Å²) in [7, 11) is 0. The number of rotatable bonds is 2. The number of hydrogen-bond donors (Lipinski definition) is 1. The predicted octanol–water partition coefficient (Wildman–Crippen LogP) is 2.17. The van der Waals surface area contributed by atoms with Crippen LogP contribution in [0.4, 0.5) is 4.79 Å². The Balaban J connectivity index is 1.94. The number of amides is 1. The summed E-state index contributed by atoms with van der Waals surface area (Å²) in [5.41, 5.74) is 0.922. The molecule has 92 valence electrons. The molecule has 0 saturated carbocycles. The number of piperidine rings is 1. The van der Waals surface area contributed by atoms with Gasteiger partial charge in [-0.1, -0.05) is 0 Å². The van der Waals surface area contributed by atoms with Crippen LogP contribution in [0.15, 0.2) is 16.7 Å². The van der Waals surface area contributed by atoms with Crippen molar-refractivity contribution < 1.29 is 9.90 Å². The van der Waals surface area contributed by atoms with Gasteiger partial charge in [0.15, 0.2) is 0 Å². The molecule has 1 aliphatic heterocycles. The van der Waals surface area contributed by atoms with E-state index in [9.17, 15) is 4.79 Å². The Labute approximate surface area is 108 Å². The minimum atomic E-state index is -0.823. The fourth-order valence-electron chi connectivity index (χ4n) is 2.15. The fourth-order valence-corrected chi connectivity index (χ4v) is 2.37. The molecule has 0 radical (unpaired) electrons. The van der Waals surface area contributed by atoms with Gasteiger partial charge in [-0.3, -0.25) is 0 Å². The highest BCUT2D eigenvalue weighted by Gasteiger charge is 2.23. The van der Waals surface area contributed by atoms with Gasteiger partial charge in [-0.05, 0) is 53.2 Å². The van der Waals surface area contributed by atoms with E-state index < -0.39 is 6.09 Å². The van der Waals surface area contributed by atoms with Crippen molar-refractivity contribution in [2.75, 3.05) is 13.1 Å². The Kier molecular flexibility index (Phi) is 3.93. The molecule has 0 aromatic carbocycles. The third-order valence-electron chi connectivity index (χ3n) is 2.97. The summed E-state index contributed by atoms with van der Waals surface area (Å²) in [6, 6.07) is 3.79. The van der Waals surface area contributed by atoms with E-state index in [1.165, 1.54) is 4.90 Å². The normalized spacial score (nSPS) is 20.3. The Morgan fingerprint density at radius 2 is 2.35 bits per heavy atom. The van der Waals surface area contributed by atoms with Gasteiger partial charge in [0.25, 0.3) is 0 Å².